The van der Waals surface area contributed by atoms with Crippen molar-refractivity contribution in [1.29, 1.82) is 0 Å². The predicted octanol–water partition coefficient (Wildman–Crippen LogP) is 4.26. The third-order valence-electron chi connectivity index (χ3n) is 5.86. The molecule has 1 unspecified atom stereocenters. The number of methoxy groups -OCH3 is 1. The number of amides is 1. The molecule has 1 aliphatic rings. The summed E-state index contributed by atoms with van der Waals surface area (Å²) >= 11 is 0. The van der Waals surface area contributed by atoms with Gasteiger partial charge in [-0.15, -0.1) is 0 Å². The van der Waals surface area contributed by atoms with Crippen molar-refractivity contribution < 1.29 is 17.9 Å². The van der Waals surface area contributed by atoms with Crippen LogP contribution in [-0.4, -0.2) is 28.0 Å². The number of carbonyl (C=O) groups excluding carboxylic acids is 1. The van der Waals surface area contributed by atoms with Gasteiger partial charge < -0.3 is 10.1 Å². The number of anilines is 1. The minimum atomic E-state index is -3.81. The second-order valence-corrected chi connectivity index (χ2v) is 9.66. The van der Waals surface area contributed by atoms with Crippen LogP contribution >= 0.6 is 0 Å². The molecule has 0 saturated heterocycles. The fraction of sp³-hybridized carbons (Fsp3) is 0.115. The van der Waals surface area contributed by atoms with Gasteiger partial charge in [-0.2, -0.15) is 0 Å². The highest BCUT2D eigenvalue weighted by atomic mass is 32.2. The Kier molecular flexibility index (Phi) is 5.26. The van der Waals surface area contributed by atoms with E-state index in [9.17, 15) is 13.2 Å². The number of hydrogen-bond acceptors (Lipinski definition) is 4. The first-order valence-corrected chi connectivity index (χ1v) is 12.0. The van der Waals surface area contributed by atoms with E-state index in [4.69, 9.17) is 4.74 Å². The molecule has 0 saturated carbocycles. The number of carbonyl (C=O) groups is 1. The zero-order valence-electron chi connectivity index (χ0n) is 17.9. The van der Waals surface area contributed by atoms with E-state index in [2.05, 4.69) is 5.32 Å². The summed E-state index contributed by atoms with van der Waals surface area (Å²) in [5.74, 6) is 0.318. The predicted molar refractivity (Wildman–Crippen MR) is 128 cm³/mol. The van der Waals surface area contributed by atoms with Gasteiger partial charge in [-0.05, 0) is 40.8 Å². The molecule has 1 atom stereocenters. The van der Waals surface area contributed by atoms with Crippen molar-refractivity contribution in [1.82, 2.24) is 5.32 Å². The van der Waals surface area contributed by atoms with Crippen molar-refractivity contribution >= 4 is 32.4 Å². The summed E-state index contributed by atoms with van der Waals surface area (Å²) < 4.78 is 32.9. The molecule has 6 nitrogen and oxygen atoms in total. The van der Waals surface area contributed by atoms with Crippen LogP contribution in [0.15, 0.2) is 95.9 Å². The molecule has 0 spiro atoms. The topological polar surface area (TPSA) is 75.7 Å². The van der Waals surface area contributed by atoms with Gasteiger partial charge in [-0.1, -0.05) is 66.7 Å². The van der Waals surface area contributed by atoms with E-state index in [1.165, 1.54) is 4.31 Å². The van der Waals surface area contributed by atoms with Crippen LogP contribution in [0.3, 0.4) is 0 Å². The van der Waals surface area contributed by atoms with E-state index in [1.54, 1.807) is 31.4 Å². The fourth-order valence-electron chi connectivity index (χ4n) is 4.27. The van der Waals surface area contributed by atoms with Crippen molar-refractivity contribution in [2.24, 2.45) is 0 Å². The van der Waals surface area contributed by atoms with Crippen LogP contribution in [-0.2, 0) is 14.8 Å². The highest BCUT2D eigenvalue weighted by Gasteiger charge is 2.37. The van der Waals surface area contributed by atoms with Gasteiger partial charge in [0.25, 0.3) is 10.0 Å². The molecule has 5 rings (SSSR count). The third kappa shape index (κ3) is 3.70. The highest BCUT2D eigenvalue weighted by molar-refractivity contribution is 7.93. The van der Waals surface area contributed by atoms with Crippen LogP contribution in [0.1, 0.15) is 17.2 Å². The molecular weight excluding hydrogens is 436 g/mol. The van der Waals surface area contributed by atoms with Gasteiger partial charge in [0.15, 0.2) is 0 Å². The van der Waals surface area contributed by atoms with Crippen molar-refractivity contribution in [2.75, 3.05) is 18.0 Å². The molecule has 1 N–H and O–H groups in total. The highest BCUT2D eigenvalue weighted by Crippen LogP contribution is 2.41. The maximum Gasteiger partial charge on any atom is 0.265 e. The number of nitrogens with zero attached hydrogens (tertiary/aromatic N) is 1. The van der Waals surface area contributed by atoms with E-state index in [1.807, 2.05) is 66.7 Å². The maximum atomic E-state index is 13.2. The molecule has 1 heterocycles. The minimum Gasteiger partial charge on any atom is -0.497 e. The van der Waals surface area contributed by atoms with Crippen LogP contribution < -0.4 is 14.4 Å². The molecule has 0 fully saturated rings. The average molecular weight is 459 g/mol. The Balaban J connectivity index is 1.46. The Morgan fingerprint density at radius 1 is 0.879 bits per heavy atom. The smallest absolute Gasteiger partial charge is 0.265 e. The molecule has 0 bridgehead atoms. The van der Waals surface area contributed by atoms with Crippen LogP contribution in [0.5, 0.6) is 5.75 Å². The second-order valence-electron chi connectivity index (χ2n) is 7.83. The van der Waals surface area contributed by atoms with Gasteiger partial charge in [-0.3, -0.25) is 9.10 Å². The summed E-state index contributed by atoms with van der Waals surface area (Å²) in [6.07, 6.45) is 0. The molecule has 0 aliphatic carbocycles. The Bertz CT molecular complexity index is 1430. The Morgan fingerprint density at radius 2 is 1.55 bits per heavy atom. The first-order valence-electron chi connectivity index (χ1n) is 10.5. The van der Waals surface area contributed by atoms with Crippen molar-refractivity contribution in [3.63, 3.8) is 0 Å². The lowest BCUT2D eigenvalue weighted by molar-refractivity contribution is -0.120. The lowest BCUT2D eigenvalue weighted by atomic mass is 9.98. The number of benzene rings is 4. The Morgan fingerprint density at radius 3 is 2.24 bits per heavy atom. The van der Waals surface area contributed by atoms with Crippen LogP contribution in [0, 0.1) is 0 Å². The molecular formula is C26H22N2O4S. The number of rotatable bonds is 6. The maximum absolute atomic E-state index is 13.2. The van der Waals surface area contributed by atoms with E-state index >= 15 is 0 Å². The van der Waals surface area contributed by atoms with Gasteiger partial charge in [0.2, 0.25) is 5.91 Å². The first-order chi connectivity index (χ1) is 16.0. The normalized spacial score (nSPS) is 14.8. The molecule has 1 amide bonds. The number of sulfonamides is 1. The van der Waals surface area contributed by atoms with E-state index < -0.39 is 22.0 Å². The number of ether oxygens (including phenoxy) is 1. The average Bonchev–Trinajstić information content (AvgIpc) is 3.06. The zero-order chi connectivity index (χ0) is 23.0. The second kappa shape index (κ2) is 8.26. The summed E-state index contributed by atoms with van der Waals surface area (Å²) in [6, 6.07) is 27.2. The third-order valence-corrected chi connectivity index (χ3v) is 7.66. The lowest BCUT2D eigenvalue weighted by Crippen LogP contribution is -2.40. The molecule has 166 valence electrons. The van der Waals surface area contributed by atoms with Crippen molar-refractivity contribution in [3.8, 4) is 5.75 Å². The monoisotopic (exact) mass is 458 g/mol. The van der Waals surface area contributed by atoms with Gasteiger partial charge in [-0.25, -0.2) is 8.42 Å². The molecule has 1 aliphatic heterocycles. The van der Waals surface area contributed by atoms with Crippen molar-refractivity contribution in [3.05, 3.63) is 102 Å². The standard InChI is InChI=1S/C26H22N2O4S/c1-32-21-15-13-20(14-16-21)26(19-7-3-2-4-8-19)27-24(29)17-28-22-11-5-9-18-10-6-12-23(25(18)22)33(28,30)31/h2-16,26H,17H2,1H3,(H,27,29). The molecule has 7 heteroatoms. The number of hydrogen-bond donors (Lipinski definition) is 1. The van der Waals surface area contributed by atoms with E-state index in [0.29, 0.717) is 16.8 Å². The summed E-state index contributed by atoms with van der Waals surface area (Å²) in [4.78, 5) is 13.4. The summed E-state index contributed by atoms with van der Waals surface area (Å²) in [7, 11) is -2.21. The summed E-state index contributed by atoms with van der Waals surface area (Å²) in [5.41, 5.74) is 2.29. The Hall–Kier alpha value is -3.84. The molecule has 0 radical (unpaired) electrons. The van der Waals surface area contributed by atoms with Gasteiger partial charge >= 0.3 is 0 Å². The SMILES string of the molecule is COc1ccc(C(NC(=O)CN2c3cccc4cccc(c34)S2(=O)=O)c2ccccc2)cc1. The van der Waals surface area contributed by atoms with Crippen LogP contribution in [0.4, 0.5) is 5.69 Å². The quantitative estimate of drug-likeness (QED) is 0.468. The summed E-state index contributed by atoms with van der Waals surface area (Å²) in [5, 5.41) is 4.51. The molecule has 0 aromatic heterocycles. The van der Waals surface area contributed by atoms with E-state index in [0.717, 1.165) is 16.5 Å². The van der Waals surface area contributed by atoms with E-state index in [-0.39, 0.29) is 11.4 Å². The molecule has 33 heavy (non-hydrogen) atoms. The lowest BCUT2D eigenvalue weighted by Gasteiger charge is -2.23. The summed E-state index contributed by atoms with van der Waals surface area (Å²) in [6.45, 7) is -0.310. The van der Waals surface area contributed by atoms with Gasteiger partial charge in [0, 0.05) is 5.39 Å². The largest absolute Gasteiger partial charge is 0.497 e. The zero-order valence-corrected chi connectivity index (χ0v) is 18.7. The van der Waals surface area contributed by atoms with Crippen molar-refractivity contribution in [2.45, 2.75) is 10.9 Å². The fourth-order valence-corrected chi connectivity index (χ4v) is 5.93. The molecule has 4 aromatic rings. The number of nitrogens with one attached hydrogen (secondary N) is 1. The van der Waals surface area contributed by atoms with Crippen LogP contribution in [0.25, 0.3) is 10.8 Å². The Labute approximate surface area is 192 Å². The van der Waals surface area contributed by atoms with Crippen LogP contribution in [0.2, 0.25) is 0 Å². The minimum absolute atomic E-state index is 0.234. The van der Waals surface area contributed by atoms with Gasteiger partial charge in [0.1, 0.15) is 12.3 Å². The molecule has 4 aromatic carbocycles. The van der Waals surface area contributed by atoms with Gasteiger partial charge in [0.05, 0.1) is 23.7 Å². The first kappa shape index (κ1) is 21.0.